The Morgan fingerprint density at radius 1 is 1.08 bits per heavy atom. The Hall–Kier alpha value is -1.88. The van der Waals surface area contributed by atoms with Crippen LogP contribution in [0, 0.1) is 0 Å². The van der Waals surface area contributed by atoms with E-state index in [0.29, 0.717) is 13.1 Å². The topological polar surface area (TPSA) is 52.7 Å². The largest absolute Gasteiger partial charge is 0.350 e. The molecular formula is C21H33N3O2. The van der Waals surface area contributed by atoms with E-state index in [4.69, 9.17) is 0 Å². The molecule has 0 bridgehead atoms. The molecular weight excluding hydrogens is 326 g/mol. The van der Waals surface area contributed by atoms with Gasteiger partial charge in [0.25, 0.3) is 0 Å². The molecule has 5 nitrogen and oxygen atoms in total. The van der Waals surface area contributed by atoms with Crippen molar-refractivity contribution >= 4 is 11.8 Å². The van der Waals surface area contributed by atoms with Crippen molar-refractivity contribution in [2.75, 3.05) is 32.7 Å². The molecule has 0 aromatic heterocycles. The number of hydrogen-bond acceptors (Lipinski definition) is 3. The van der Waals surface area contributed by atoms with Gasteiger partial charge >= 0.3 is 0 Å². The quantitative estimate of drug-likeness (QED) is 0.879. The molecule has 26 heavy (non-hydrogen) atoms. The molecule has 5 heteroatoms. The van der Waals surface area contributed by atoms with Gasteiger partial charge in [0.15, 0.2) is 0 Å². The smallest absolute Gasteiger partial charge is 0.234 e. The Balaban J connectivity index is 1.93. The summed E-state index contributed by atoms with van der Waals surface area (Å²) in [5, 5.41) is 3.01. The fraction of sp³-hybridized carbons (Fsp3) is 0.619. The summed E-state index contributed by atoms with van der Waals surface area (Å²) in [6, 6.07) is 10.0. The summed E-state index contributed by atoms with van der Waals surface area (Å²) in [5.41, 5.74) is 0.875. The first-order valence-corrected chi connectivity index (χ1v) is 9.67. The summed E-state index contributed by atoms with van der Waals surface area (Å²) in [4.78, 5) is 29.3. The van der Waals surface area contributed by atoms with Crippen molar-refractivity contribution in [3.05, 3.63) is 35.9 Å². The molecule has 1 fully saturated rings. The van der Waals surface area contributed by atoms with E-state index in [1.807, 2.05) is 56.0 Å². The highest BCUT2D eigenvalue weighted by atomic mass is 16.2. The summed E-state index contributed by atoms with van der Waals surface area (Å²) >= 11 is 0. The van der Waals surface area contributed by atoms with E-state index in [0.717, 1.165) is 38.0 Å². The molecule has 1 saturated heterocycles. The second kappa shape index (κ2) is 9.17. The molecule has 0 radical (unpaired) electrons. The Morgan fingerprint density at radius 3 is 2.38 bits per heavy atom. The van der Waals surface area contributed by atoms with E-state index >= 15 is 0 Å². The highest BCUT2D eigenvalue weighted by Gasteiger charge is 2.27. The second-order valence-corrected chi connectivity index (χ2v) is 8.12. The van der Waals surface area contributed by atoms with Crippen LogP contribution >= 0.6 is 0 Å². The Morgan fingerprint density at radius 2 is 1.77 bits per heavy atom. The lowest BCUT2D eigenvalue weighted by molar-refractivity contribution is -0.132. The number of hydrogen-bond donors (Lipinski definition) is 1. The predicted molar refractivity (Wildman–Crippen MR) is 105 cm³/mol. The molecule has 0 aliphatic carbocycles. The molecule has 1 aromatic rings. The predicted octanol–water partition coefficient (Wildman–Crippen LogP) is 2.63. The van der Waals surface area contributed by atoms with Crippen LogP contribution in [-0.4, -0.2) is 59.9 Å². The van der Waals surface area contributed by atoms with Gasteiger partial charge in [-0.3, -0.25) is 14.5 Å². The van der Waals surface area contributed by atoms with Gasteiger partial charge < -0.3 is 10.2 Å². The molecule has 1 aliphatic heterocycles. The molecule has 2 rings (SSSR count). The zero-order valence-electron chi connectivity index (χ0n) is 16.6. The van der Waals surface area contributed by atoms with E-state index in [-0.39, 0.29) is 23.3 Å². The molecule has 0 spiro atoms. The first-order valence-electron chi connectivity index (χ1n) is 9.67. The van der Waals surface area contributed by atoms with Crippen LogP contribution in [0.1, 0.15) is 52.0 Å². The average Bonchev–Trinajstić information content (AvgIpc) is 2.80. The summed E-state index contributed by atoms with van der Waals surface area (Å²) < 4.78 is 0. The van der Waals surface area contributed by atoms with Gasteiger partial charge in [-0.1, -0.05) is 37.3 Å². The SMILES string of the molecule is CCC(C(=O)N1CCCN(CC(=O)NC(C)(C)C)CC1)c1ccccc1. The second-order valence-electron chi connectivity index (χ2n) is 8.12. The zero-order valence-corrected chi connectivity index (χ0v) is 16.6. The van der Waals surface area contributed by atoms with Crippen molar-refractivity contribution in [3.8, 4) is 0 Å². The molecule has 1 N–H and O–H groups in total. The van der Waals surface area contributed by atoms with E-state index < -0.39 is 0 Å². The van der Waals surface area contributed by atoms with E-state index in [1.54, 1.807) is 0 Å². The van der Waals surface area contributed by atoms with Gasteiger partial charge in [-0.05, 0) is 39.2 Å². The summed E-state index contributed by atoms with van der Waals surface area (Å²) in [7, 11) is 0. The van der Waals surface area contributed by atoms with Gasteiger partial charge in [-0.25, -0.2) is 0 Å². The zero-order chi connectivity index (χ0) is 19.2. The monoisotopic (exact) mass is 359 g/mol. The van der Waals surface area contributed by atoms with Crippen LogP contribution in [0.4, 0.5) is 0 Å². The van der Waals surface area contributed by atoms with Gasteiger partial charge in [0, 0.05) is 31.7 Å². The van der Waals surface area contributed by atoms with Gasteiger partial charge in [0.05, 0.1) is 12.5 Å². The van der Waals surface area contributed by atoms with Crippen molar-refractivity contribution in [1.82, 2.24) is 15.1 Å². The van der Waals surface area contributed by atoms with Crippen LogP contribution < -0.4 is 5.32 Å². The van der Waals surface area contributed by atoms with Crippen molar-refractivity contribution in [2.45, 2.75) is 52.0 Å². The maximum Gasteiger partial charge on any atom is 0.234 e. The molecule has 0 saturated carbocycles. The minimum absolute atomic E-state index is 0.0491. The van der Waals surface area contributed by atoms with E-state index in [1.165, 1.54) is 0 Å². The normalized spacial score (nSPS) is 17.5. The Kier molecular flexibility index (Phi) is 7.21. The van der Waals surface area contributed by atoms with Crippen molar-refractivity contribution < 1.29 is 9.59 Å². The maximum atomic E-state index is 13.0. The van der Waals surface area contributed by atoms with E-state index in [9.17, 15) is 9.59 Å². The minimum atomic E-state index is -0.213. The number of nitrogens with one attached hydrogen (secondary N) is 1. The van der Waals surface area contributed by atoms with E-state index in [2.05, 4.69) is 17.1 Å². The first-order chi connectivity index (χ1) is 12.3. The third kappa shape index (κ3) is 6.13. The van der Waals surface area contributed by atoms with Crippen molar-refractivity contribution in [1.29, 1.82) is 0 Å². The molecule has 1 heterocycles. The highest BCUT2D eigenvalue weighted by molar-refractivity contribution is 5.83. The molecule has 1 atom stereocenters. The molecule has 144 valence electrons. The number of rotatable bonds is 5. The third-order valence-corrected chi connectivity index (χ3v) is 4.69. The lowest BCUT2D eigenvalue weighted by Crippen LogP contribution is -2.46. The lowest BCUT2D eigenvalue weighted by Gasteiger charge is -2.27. The first kappa shape index (κ1) is 20.4. The third-order valence-electron chi connectivity index (χ3n) is 4.69. The Bertz CT molecular complexity index is 595. The highest BCUT2D eigenvalue weighted by Crippen LogP contribution is 2.22. The number of benzene rings is 1. The molecule has 1 unspecified atom stereocenters. The van der Waals surface area contributed by atoms with Crippen LogP contribution in [-0.2, 0) is 9.59 Å². The van der Waals surface area contributed by atoms with Crippen LogP contribution in [0.15, 0.2) is 30.3 Å². The summed E-state index contributed by atoms with van der Waals surface area (Å²) in [6.07, 6.45) is 1.71. The molecule has 2 amide bonds. The van der Waals surface area contributed by atoms with Crippen LogP contribution in [0.3, 0.4) is 0 Å². The van der Waals surface area contributed by atoms with Gasteiger partial charge in [-0.2, -0.15) is 0 Å². The summed E-state index contributed by atoms with van der Waals surface area (Å²) in [6.45, 7) is 11.5. The van der Waals surface area contributed by atoms with Crippen LogP contribution in [0.2, 0.25) is 0 Å². The van der Waals surface area contributed by atoms with Gasteiger partial charge in [0.1, 0.15) is 0 Å². The van der Waals surface area contributed by atoms with Crippen molar-refractivity contribution in [2.24, 2.45) is 0 Å². The molecule has 1 aliphatic rings. The van der Waals surface area contributed by atoms with Gasteiger partial charge in [-0.15, -0.1) is 0 Å². The number of carbonyl (C=O) groups excluding carboxylic acids is 2. The number of amides is 2. The maximum absolute atomic E-state index is 13.0. The van der Waals surface area contributed by atoms with Crippen LogP contribution in [0.5, 0.6) is 0 Å². The van der Waals surface area contributed by atoms with Gasteiger partial charge in [0.2, 0.25) is 11.8 Å². The van der Waals surface area contributed by atoms with Crippen molar-refractivity contribution in [3.63, 3.8) is 0 Å². The Labute approximate surface area is 157 Å². The fourth-order valence-electron chi connectivity index (χ4n) is 3.47. The molecule has 1 aromatic carbocycles. The lowest BCUT2D eigenvalue weighted by atomic mass is 9.95. The summed E-state index contributed by atoms with van der Waals surface area (Å²) in [5.74, 6) is 0.180. The fourth-order valence-corrected chi connectivity index (χ4v) is 3.47. The van der Waals surface area contributed by atoms with Crippen LogP contribution in [0.25, 0.3) is 0 Å². The minimum Gasteiger partial charge on any atom is -0.350 e. The number of carbonyl (C=O) groups is 2. The average molecular weight is 360 g/mol. The standard InChI is InChI=1S/C21H33N3O2/c1-5-18(17-10-7-6-8-11-17)20(26)24-13-9-12-23(14-15-24)16-19(25)22-21(2,3)4/h6-8,10-11,18H,5,9,12-16H2,1-4H3,(H,22,25). The number of nitrogens with zero attached hydrogens (tertiary/aromatic N) is 2.